The molecule has 0 N–H and O–H groups in total. The summed E-state index contributed by atoms with van der Waals surface area (Å²) in [5.41, 5.74) is 9.49. The molecule has 0 aliphatic heterocycles. The van der Waals surface area contributed by atoms with Crippen LogP contribution in [0.3, 0.4) is 0 Å². The van der Waals surface area contributed by atoms with E-state index in [0.717, 1.165) is 24.3 Å². The van der Waals surface area contributed by atoms with Crippen LogP contribution in [0.15, 0.2) is 133 Å². The van der Waals surface area contributed by atoms with E-state index in [0.29, 0.717) is 0 Å². The first-order chi connectivity index (χ1) is 20.7. The first-order valence-electron chi connectivity index (χ1n) is 14.7. The molecular weight excluding hydrogens is 512 g/mol. The second-order valence-electron chi connectivity index (χ2n) is 11.5. The summed E-state index contributed by atoms with van der Waals surface area (Å²) in [6.07, 6.45) is 2.19. The van der Waals surface area contributed by atoms with Gasteiger partial charge in [0.1, 0.15) is 11.5 Å². The standard InChI is InChI=1S/C40H32O2/c1-41-33-21-17-31(18-22-33)40(32-19-23-34(42-2)24-20-32)36-26-16-28-14-13-27-15-25-35(38(36)37(27)28)39(40,29-9-5-3-6-10-29)30-11-7-4-8-12-30/h3-12,15-26H,13-14H2,1-2H3. The average molecular weight is 545 g/mol. The minimum atomic E-state index is -0.587. The fourth-order valence-electron chi connectivity index (χ4n) is 8.24. The van der Waals surface area contributed by atoms with Crippen LogP contribution in [0.25, 0.3) is 10.8 Å². The van der Waals surface area contributed by atoms with Crippen molar-refractivity contribution in [3.63, 3.8) is 0 Å². The molecule has 0 aromatic heterocycles. The van der Waals surface area contributed by atoms with Crippen LogP contribution in [0, 0.1) is 0 Å². The van der Waals surface area contributed by atoms with Gasteiger partial charge in [-0.2, -0.15) is 0 Å². The van der Waals surface area contributed by atoms with Crippen molar-refractivity contribution < 1.29 is 9.47 Å². The Morgan fingerprint density at radius 2 is 0.786 bits per heavy atom. The smallest absolute Gasteiger partial charge is 0.118 e. The van der Waals surface area contributed by atoms with Gasteiger partial charge in [-0.25, -0.2) is 0 Å². The van der Waals surface area contributed by atoms with Crippen LogP contribution in [0.2, 0.25) is 0 Å². The zero-order valence-electron chi connectivity index (χ0n) is 23.9. The topological polar surface area (TPSA) is 18.5 Å². The van der Waals surface area contributed by atoms with Crippen molar-refractivity contribution in [3.05, 3.63) is 178 Å². The number of hydrogen-bond donors (Lipinski definition) is 0. The van der Waals surface area contributed by atoms with Crippen molar-refractivity contribution in [2.45, 2.75) is 23.7 Å². The molecule has 204 valence electrons. The molecular formula is C40H32O2. The normalized spacial score (nSPS) is 15.6. The van der Waals surface area contributed by atoms with Gasteiger partial charge in [-0.1, -0.05) is 109 Å². The first kappa shape index (κ1) is 24.9. The van der Waals surface area contributed by atoms with E-state index in [2.05, 4.69) is 133 Å². The second-order valence-corrected chi connectivity index (χ2v) is 11.5. The highest BCUT2D eigenvalue weighted by Crippen LogP contribution is 2.67. The molecule has 2 aliphatic rings. The molecule has 0 heterocycles. The molecule has 0 saturated heterocycles. The van der Waals surface area contributed by atoms with Gasteiger partial charge in [0.25, 0.3) is 0 Å². The fraction of sp³-hybridized carbons (Fsp3) is 0.150. The van der Waals surface area contributed by atoms with Crippen LogP contribution in [-0.2, 0) is 23.7 Å². The number of aryl methyl sites for hydroxylation is 2. The van der Waals surface area contributed by atoms with Crippen molar-refractivity contribution in [2.24, 2.45) is 0 Å². The third kappa shape index (κ3) is 3.10. The summed E-state index contributed by atoms with van der Waals surface area (Å²) in [4.78, 5) is 0. The summed E-state index contributed by atoms with van der Waals surface area (Å²) >= 11 is 0. The summed E-state index contributed by atoms with van der Waals surface area (Å²) in [7, 11) is 3.47. The molecule has 0 fully saturated rings. The maximum Gasteiger partial charge on any atom is 0.118 e. The predicted molar refractivity (Wildman–Crippen MR) is 170 cm³/mol. The van der Waals surface area contributed by atoms with Crippen LogP contribution in [0.1, 0.15) is 44.5 Å². The van der Waals surface area contributed by atoms with Crippen LogP contribution >= 0.6 is 0 Å². The van der Waals surface area contributed by atoms with Gasteiger partial charge in [-0.3, -0.25) is 0 Å². The highest BCUT2D eigenvalue weighted by Gasteiger charge is 2.62. The number of ether oxygens (including phenoxy) is 2. The van der Waals surface area contributed by atoms with Crippen molar-refractivity contribution in [2.75, 3.05) is 14.2 Å². The number of hydrogen-bond acceptors (Lipinski definition) is 2. The summed E-state index contributed by atoms with van der Waals surface area (Å²) in [6, 6.07) is 49.5. The zero-order valence-corrected chi connectivity index (χ0v) is 23.9. The van der Waals surface area contributed by atoms with Gasteiger partial charge < -0.3 is 9.47 Å². The molecule has 42 heavy (non-hydrogen) atoms. The molecule has 2 aliphatic carbocycles. The lowest BCUT2D eigenvalue weighted by atomic mass is 9.50. The van der Waals surface area contributed by atoms with E-state index in [4.69, 9.17) is 9.47 Å². The summed E-state index contributed by atoms with van der Waals surface area (Å²) in [6.45, 7) is 0. The minimum absolute atomic E-state index is 0.555. The molecule has 0 unspecified atom stereocenters. The van der Waals surface area contributed by atoms with E-state index in [1.54, 1.807) is 14.2 Å². The van der Waals surface area contributed by atoms with Crippen LogP contribution in [0.4, 0.5) is 0 Å². The minimum Gasteiger partial charge on any atom is -0.497 e. The SMILES string of the molecule is COc1ccc(C2(c3ccc(OC)cc3)c3ccc4c5c(ccc(c35)C2(c2ccccc2)c2ccccc2)CC4)cc1. The Kier molecular flexibility index (Phi) is 5.55. The zero-order chi connectivity index (χ0) is 28.3. The molecule has 0 saturated carbocycles. The molecule has 2 nitrogen and oxygen atoms in total. The molecule has 0 amide bonds. The monoisotopic (exact) mass is 544 g/mol. The molecule has 2 heteroatoms. The van der Waals surface area contributed by atoms with Gasteiger partial charge in [0.15, 0.2) is 0 Å². The number of rotatable bonds is 6. The van der Waals surface area contributed by atoms with Gasteiger partial charge in [-0.15, -0.1) is 0 Å². The predicted octanol–water partition coefficient (Wildman–Crippen LogP) is 8.64. The van der Waals surface area contributed by atoms with Crippen molar-refractivity contribution in [1.29, 1.82) is 0 Å². The van der Waals surface area contributed by atoms with Gasteiger partial charge >= 0.3 is 0 Å². The van der Waals surface area contributed by atoms with E-state index >= 15 is 0 Å². The van der Waals surface area contributed by atoms with Crippen molar-refractivity contribution in [1.82, 2.24) is 0 Å². The molecule has 0 atom stereocenters. The third-order valence-corrected chi connectivity index (χ3v) is 9.83. The van der Waals surface area contributed by atoms with Crippen LogP contribution in [0.5, 0.6) is 11.5 Å². The van der Waals surface area contributed by atoms with Crippen LogP contribution in [-0.4, -0.2) is 14.2 Å². The Labute approximate surface area is 247 Å². The Bertz CT molecular complexity index is 1820. The Morgan fingerprint density at radius 1 is 0.405 bits per heavy atom. The lowest BCUT2D eigenvalue weighted by Crippen LogP contribution is -2.49. The molecule has 6 aromatic rings. The average Bonchev–Trinajstić information content (AvgIpc) is 3.61. The highest BCUT2D eigenvalue weighted by atomic mass is 16.5. The molecule has 0 spiro atoms. The quantitative estimate of drug-likeness (QED) is 0.209. The summed E-state index contributed by atoms with van der Waals surface area (Å²) < 4.78 is 11.3. The van der Waals surface area contributed by atoms with E-state index in [9.17, 15) is 0 Å². The van der Waals surface area contributed by atoms with Crippen molar-refractivity contribution >= 4 is 10.8 Å². The second kappa shape index (κ2) is 9.36. The molecule has 6 aromatic carbocycles. The fourth-order valence-corrected chi connectivity index (χ4v) is 8.24. The summed E-state index contributed by atoms with van der Waals surface area (Å²) in [5.74, 6) is 1.70. The van der Waals surface area contributed by atoms with Gasteiger partial charge in [0.05, 0.1) is 25.0 Å². The molecule has 0 bridgehead atoms. The Morgan fingerprint density at radius 3 is 1.17 bits per heavy atom. The summed E-state index contributed by atoms with van der Waals surface area (Å²) in [5, 5.41) is 2.85. The largest absolute Gasteiger partial charge is 0.497 e. The van der Waals surface area contributed by atoms with Crippen LogP contribution < -0.4 is 9.47 Å². The van der Waals surface area contributed by atoms with E-state index in [1.165, 1.54) is 55.3 Å². The number of benzene rings is 6. The van der Waals surface area contributed by atoms with Gasteiger partial charge in [0, 0.05) is 0 Å². The molecule has 8 rings (SSSR count). The number of methoxy groups -OCH3 is 2. The Balaban J connectivity index is 1.65. The van der Waals surface area contributed by atoms with Crippen molar-refractivity contribution in [3.8, 4) is 11.5 Å². The maximum atomic E-state index is 5.66. The Hall–Kier alpha value is -4.82. The van der Waals surface area contributed by atoms with E-state index in [-0.39, 0.29) is 0 Å². The highest BCUT2D eigenvalue weighted by molar-refractivity contribution is 6.03. The first-order valence-corrected chi connectivity index (χ1v) is 14.7. The lowest BCUT2D eigenvalue weighted by Gasteiger charge is -2.49. The molecule has 0 radical (unpaired) electrons. The lowest BCUT2D eigenvalue weighted by molar-refractivity contribution is 0.410. The van der Waals surface area contributed by atoms with E-state index in [1.807, 2.05) is 0 Å². The van der Waals surface area contributed by atoms with E-state index < -0.39 is 10.8 Å². The van der Waals surface area contributed by atoms with Gasteiger partial charge in [-0.05, 0) is 92.4 Å². The third-order valence-electron chi connectivity index (χ3n) is 9.83. The van der Waals surface area contributed by atoms with Gasteiger partial charge in [0.2, 0.25) is 0 Å². The maximum absolute atomic E-state index is 5.66.